The van der Waals surface area contributed by atoms with Crippen LogP contribution in [-0.2, 0) is 0 Å². The minimum atomic E-state index is -0.737. The Kier molecular flexibility index (Phi) is 3.36. The highest BCUT2D eigenvalue weighted by molar-refractivity contribution is 14.1. The van der Waals surface area contributed by atoms with Gasteiger partial charge in [0.15, 0.2) is 0 Å². The number of halogens is 4. The molecule has 96 valence electrons. The van der Waals surface area contributed by atoms with Gasteiger partial charge in [0, 0.05) is 28.7 Å². The molecule has 1 aromatic carbocycles. The number of nitrogens with one attached hydrogen (secondary N) is 1. The zero-order valence-corrected chi connectivity index (χ0v) is 12.8. The van der Waals surface area contributed by atoms with Crippen LogP contribution in [0, 0.1) is 3.57 Å². The Bertz CT molecular complexity index is 610. The fourth-order valence-electron chi connectivity index (χ4n) is 2.05. The lowest BCUT2D eigenvalue weighted by atomic mass is 9.93. The third-order valence-electron chi connectivity index (χ3n) is 3.10. The molecule has 0 amide bonds. The summed E-state index contributed by atoms with van der Waals surface area (Å²) in [6, 6.07) is 1.70. The average Bonchev–Trinajstić information content (AvgIpc) is 2.66. The summed E-state index contributed by atoms with van der Waals surface area (Å²) in [6.45, 7) is 0. The van der Waals surface area contributed by atoms with Gasteiger partial charge in [-0.05, 0) is 22.6 Å². The first kappa shape index (κ1) is 12.8. The molecule has 3 rings (SSSR count). The number of benzene rings is 1. The van der Waals surface area contributed by atoms with Crippen molar-refractivity contribution in [2.24, 2.45) is 0 Å². The lowest BCUT2D eigenvalue weighted by Gasteiger charge is -2.30. The van der Waals surface area contributed by atoms with Crippen LogP contribution < -0.4 is 4.74 Å². The van der Waals surface area contributed by atoms with Crippen molar-refractivity contribution in [1.82, 2.24) is 4.98 Å². The number of H-pyrrole nitrogens is 1. The van der Waals surface area contributed by atoms with Crippen molar-refractivity contribution in [1.29, 1.82) is 0 Å². The number of ether oxygens (including phenoxy) is 1. The summed E-state index contributed by atoms with van der Waals surface area (Å²) in [7, 11) is 0. The molecule has 0 radical (unpaired) electrons. The van der Waals surface area contributed by atoms with Gasteiger partial charge >= 0.3 is 0 Å². The van der Waals surface area contributed by atoms with Crippen LogP contribution in [0.2, 0.25) is 10.0 Å². The molecule has 0 spiro atoms. The second-order valence-electron chi connectivity index (χ2n) is 4.37. The number of hydrogen-bond donors (Lipinski definition) is 1. The van der Waals surface area contributed by atoms with Gasteiger partial charge < -0.3 is 9.72 Å². The van der Waals surface area contributed by atoms with E-state index in [2.05, 4.69) is 27.6 Å². The predicted molar refractivity (Wildman–Crippen MR) is 79.6 cm³/mol. The SMILES string of the molecule is FC1CC(Oc2cc(Cl)c(Cl)c3[nH]cc(I)c23)C1. The fourth-order valence-corrected chi connectivity index (χ4v) is 3.14. The number of fused-ring (bicyclic) bond motifs is 1. The molecular weight excluding hydrogens is 391 g/mol. The first-order valence-corrected chi connectivity index (χ1v) is 7.35. The van der Waals surface area contributed by atoms with Crippen molar-refractivity contribution in [3.05, 3.63) is 25.9 Å². The Labute approximate surface area is 127 Å². The van der Waals surface area contributed by atoms with Gasteiger partial charge in [0.1, 0.15) is 18.0 Å². The molecule has 2 aromatic rings. The number of alkyl halides is 1. The third-order valence-corrected chi connectivity index (χ3v) is 4.73. The highest BCUT2D eigenvalue weighted by atomic mass is 127. The van der Waals surface area contributed by atoms with E-state index in [4.69, 9.17) is 27.9 Å². The Morgan fingerprint density at radius 3 is 2.78 bits per heavy atom. The van der Waals surface area contributed by atoms with E-state index in [1.807, 2.05) is 6.20 Å². The summed E-state index contributed by atoms with van der Waals surface area (Å²) < 4.78 is 19.6. The summed E-state index contributed by atoms with van der Waals surface area (Å²) >= 11 is 14.4. The van der Waals surface area contributed by atoms with Crippen molar-refractivity contribution in [2.45, 2.75) is 25.1 Å². The van der Waals surface area contributed by atoms with E-state index in [1.165, 1.54) is 0 Å². The maximum absolute atomic E-state index is 12.8. The van der Waals surface area contributed by atoms with Crippen LogP contribution in [0.1, 0.15) is 12.8 Å². The normalized spacial score (nSPS) is 23.1. The topological polar surface area (TPSA) is 25.0 Å². The summed E-state index contributed by atoms with van der Waals surface area (Å²) in [5.74, 6) is 0.668. The minimum absolute atomic E-state index is 0.0638. The first-order valence-electron chi connectivity index (χ1n) is 5.51. The van der Waals surface area contributed by atoms with E-state index in [0.29, 0.717) is 28.6 Å². The van der Waals surface area contributed by atoms with Gasteiger partial charge in [0.05, 0.1) is 20.9 Å². The molecule has 18 heavy (non-hydrogen) atoms. The molecule has 1 aliphatic rings. The zero-order valence-electron chi connectivity index (χ0n) is 9.14. The van der Waals surface area contributed by atoms with Crippen LogP contribution in [-0.4, -0.2) is 17.3 Å². The Balaban J connectivity index is 2.04. The third kappa shape index (κ3) is 2.08. The molecule has 1 saturated carbocycles. The van der Waals surface area contributed by atoms with Crippen LogP contribution in [0.4, 0.5) is 4.39 Å². The molecule has 1 aliphatic carbocycles. The van der Waals surface area contributed by atoms with Crippen molar-refractivity contribution >= 4 is 56.7 Å². The molecule has 1 N–H and O–H groups in total. The molecule has 0 aliphatic heterocycles. The monoisotopic (exact) mass is 399 g/mol. The van der Waals surface area contributed by atoms with Gasteiger partial charge in [0.2, 0.25) is 0 Å². The van der Waals surface area contributed by atoms with Crippen LogP contribution in [0.3, 0.4) is 0 Å². The quantitative estimate of drug-likeness (QED) is 0.709. The lowest BCUT2D eigenvalue weighted by molar-refractivity contribution is 0.0421. The second-order valence-corrected chi connectivity index (χ2v) is 6.31. The van der Waals surface area contributed by atoms with E-state index in [-0.39, 0.29) is 6.10 Å². The summed E-state index contributed by atoms with van der Waals surface area (Å²) in [5.41, 5.74) is 0.764. The van der Waals surface area contributed by atoms with Gasteiger partial charge in [-0.15, -0.1) is 0 Å². The molecule has 0 saturated heterocycles. The second kappa shape index (κ2) is 4.72. The maximum atomic E-state index is 12.8. The number of hydrogen-bond acceptors (Lipinski definition) is 1. The van der Waals surface area contributed by atoms with E-state index in [9.17, 15) is 4.39 Å². The highest BCUT2D eigenvalue weighted by Crippen LogP contribution is 2.41. The van der Waals surface area contributed by atoms with Gasteiger partial charge in [-0.3, -0.25) is 0 Å². The number of rotatable bonds is 2. The minimum Gasteiger partial charge on any atom is -0.489 e. The summed E-state index contributed by atoms with van der Waals surface area (Å²) in [5, 5.41) is 1.83. The molecular formula is C12H9Cl2FINO. The molecule has 1 fully saturated rings. The van der Waals surface area contributed by atoms with Crippen LogP contribution in [0.15, 0.2) is 12.3 Å². The van der Waals surface area contributed by atoms with Crippen LogP contribution >= 0.6 is 45.8 Å². The standard InChI is InChI=1S/C12H9Cl2FINO/c13-7-3-9(18-6-1-5(15)2-6)10-8(16)4-17-12(10)11(7)14/h3-6,17H,1-2H2. The van der Waals surface area contributed by atoms with E-state index in [0.717, 1.165) is 14.5 Å². The Morgan fingerprint density at radius 2 is 2.11 bits per heavy atom. The van der Waals surface area contributed by atoms with Gasteiger partial charge in [-0.1, -0.05) is 23.2 Å². The average molecular weight is 400 g/mol. The smallest absolute Gasteiger partial charge is 0.131 e. The van der Waals surface area contributed by atoms with E-state index in [1.54, 1.807) is 6.07 Å². The molecule has 6 heteroatoms. The first-order chi connectivity index (χ1) is 8.56. The van der Waals surface area contributed by atoms with E-state index < -0.39 is 6.17 Å². The molecule has 1 aromatic heterocycles. The van der Waals surface area contributed by atoms with Crippen molar-refractivity contribution < 1.29 is 9.13 Å². The Hall–Kier alpha value is -0.200. The van der Waals surface area contributed by atoms with Crippen LogP contribution in [0.25, 0.3) is 10.9 Å². The predicted octanol–water partition coefficient (Wildman–Crippen LogP) is 4.96. The molecule has 0 unspecified atom stereocenters. The van der Waals surface area contributed by atoms with Crippen LogP contribution in [0.5, 0.6) is 5.75 Å². The van der Waals surface area contributed by atoms with Crippen molar-refractivity contribution in [2.75, 3.05) is 0 Å². The summed E-state index contributed by atoms with van der Waals surface area (Å²) in [6.07, 6.45) is 1.94. The maximum Gasteiger partial charge on any atom is 0.131 e. The Morgan fingerprint density at radius 1 is 1.39 bits per heavy atom. The molecule has 2 nitrogen and oxygen atoms in total. The number of aromatic amines is 1. The lowest BCUT2D eigenvalue weighted by Crippen LogP contribution is -2.34. The molecule has 1 heterocycles. The van der Waals surface area contributed by atoms with Crippen molar-refractivity contribution in [3.8, 4) is 5.75 Å². The van der Waals surface area contributed by atoms with Crippen molar-refractivity contribution in [3.63, 3.8) is 0 Å². The zero-order chi connectivity index (χ0) is 12.9. The van der Waals surface area contributed by atoms with Gasteiger partial charge in [0.25, 0.3) is 0 Å². The highest BCUT2D eigenvalue weighted by Gasteiger charge is 2.31. The van der Waals surface area contributed by atoms with Gasteiger partial charge in [-0.25, -0.2) is 4.39 Å². The van der Waals surface area contributed by atoms with Gasteiger partial charge in [-0.2, -0.15) is 0 Å². The number of aromatic nitrogens is 1. The largest absolute Gasteiger partial charge is 0.489 e. The summed E-state index contributed by atoms with van der Waals surface area (Å²) in [4.78, 5) is 3.08. The van der Waals surface area contributed by atoms with E-state index >= 15 is 0 Å². The molecule has 0 bridgehead atoms. The fraction of sp³-hybridized carbons (Fsp3) is 0.333. The molecule has 0 atom stereocenters.